The summed E-state index contributed by atoms with van der Waals surface area (Å²) in [6, 6.07) is 9.11. The highest BCUT2D eigenvalue weighted by molar-refractivity contribution is 7.87. The van der Waals surface area contributed by atoms with Gasteiger partial charge in [-0.1, -0.05) is 29.3 Å². The highest BCUT2D eigenvalue weighted by Crippen LogP contribution is 2.32. The van der Waals surface area contributed by atoms with Crippen molar-refractivity contribution >= 4 is 45.0 Å². The minimum Gasteiger partial charge on any atom is -0.379 e. The van der Waals surface area contributed by atoms with E-state index >= 15 is 0 Å². The van der Waals surface area contributed by atoms with Crippen molar-refractivity contribution in [2.24, 2.45) is 0 Å². The molecule has 0 unspecified atom stereocenters. The largest absolute Gasteiger partial charge is 0.379 e. The van der Waals surface area contributed by atoms with Crippen molar-refractivity contribution in [1.29, 1.82) is 0 Å². The molecule has 2 aromatic rings. The van der Waals surface area contributed by atoms with Crippen LogP contribution in [-0.4, -0.2) is 57.7 Å². The van der Waals surface area contributed by atoms with Crippen LogP contribution < -0.4 is 14.4 Å². The van der Waals surface area contributed by atoms with E-state index in [1.165, 1.54) is 18.2 Å². The van der Waals surface area contributed by atoms with Crippen LogP contribution >= 0.6 is 23.2 Å². The smallest absolute Gasteiger partial charge is 0.339 e. The molecule has 204 valence electrons. The zero-order valence-corrected chi connectivity index (χ0v) is 24.0. The van der Waals surface area contributed by atoms with Crippen LogP contribution in [0.4, 0.5) is 10.5 Å². The Hall–Kier alpha value is -2.20. The molecule has 0 spiro atoms. The first-order chi connectivity index (χ1) is 17.5. The third kappa shape index (κ3) is 7.89. The van der Waals surface area contributed by atoms with Crippen molar-refractivity contribution < 1.29 is 22.1 Å². The Morgan fingerprint density at radius 2 is 1.86 bits per heavy atom. The number of nitrogens with zero attached hydrogens (tertiary/aromatic N) is 2. The molecular weight excluding hydrogens is 537 g/mol. The molecule has 0 saturated carbocycles. The number of rotatable bonds is 11. The summed E-state index contributed by atoms with van der Waals surface area (Å²) in [6.07, 6.45) is 1.73. The summed E-state index contributed by atoms with van der Waals surface area (Å²) in [7, 11) is -4.23. The number of urea groups is 1. The predicted molar refractivity (Wildman–Crippen MR) is 147 cm³/mol. The first kappa shape index (κ1) is 29.4. The summed E-state index contributed by atoms with van der Waals surface area (Å²) < 4.78 is 37.9. The molecule has 1 heterocycles. The van der Waals surface area contributed by atoms with Crippen molar-refractivity contribution in [3.8, 4) is 5.75 Å². The maximum absolute atomic E-state index is 13.2. The van der Waals surface area contributed by atoms with Crippen LogP contribution in [0.5, 0.6) is 5.75 Å². The Morgan fingerprint density at radius 1 is 1.14 bits per heavy atom. The molecule has 0 bridgehead atoms. The Labute approximate surface area is 229 Å². The van der Waals surface area contributed by atoms with Gasteiger partial charge in [0.25, 0.3) is 0 Å². The van der Waals surface area contributed by atoms with E-state index in [2.05, 4.69) is 10.2 Å². The molecule has 1 aliphatic heterocycles. The zero-order valence-electron chi connectivity index (χ0n) is 21.7. The second-order valence-electron chi connectivity index (χ2n) is 9.20. The number of hydrogen-bond donors (Lipinski definition) is 1. The monoisotopic (exact) mass is 571 g/mol. The third-order valence-corrected chi connectivity index (χ3v) is 8.04. The molecule has 1 N–H and O–H groups in total. The summed E-state index contributed by atoms with van der Waals surface area (Å²) in [5, 5.41) is 3.28. The Morgan fingerprint density at radius 3 is 2.46 bits per heavy atom. The minimum absolute atomic E-state index is 0.0599. The molecule has 11 heteroatoms. The maximum Gasteiger partial charge on any atom is 0.339 e. The molecular formula is C26H35Cl2N3O5S. The SMILES string of the molecule is CCN(CC)c1ccc(CN(C[C@@H]2CCCO2)C(=O)NC(C)C)c(OS(=O)(=O)c2ccc(Cl)c(Cl)c2)c1. The lowest BCUT2D eigenvalue weighted by atomic mass is 10.1. The number of halogens is 2. The predicted octanol–water partition coefficient (Wildman–Crippen LogP) is 5.71. The van der Waals surface area contributed by atoms with E-state index in [4.69, 9.17) is 32.1 Å². The molecule has 1 fully saturated rings. The summed E-state index contributed by atoms with van der Waals surface area (Å²) in [5.74, 6) is 0.144. The minimum atomic E-state index is -4.23. The molecule has 2 aromatic carbocycles. The van der Waals surface area contributed by atoms with Crippen LogP contribution in [-0.2, 0) is 21.4 Å². The molecule has 1 atom stereocenters. The average molecular weight is 573 g/mol. The number of ether oxygens (including phenoxy) is 1. The molecule has 2 amide bonds. The normalized spacial score (nSPS) is 15.6. The number of amides is 2. The van der Waals surface area contributed by atoms with Crippen molar-refractivity contribution in [3.05, 3.63) is 52.0 Å². The fourth-order valence-corrected chi connectivity index (χ4v) is 5.48. The number of hydrogen-bond acceptors (Lipinski definition) is 6. The van der Waals surface area contributed by atoms with Crippen molar-refractivity contribution in [2.45, 2.75) is 64.1 Å². The van der Waals surface area contributed by atoms with Gasteiger partial charge in [-0.2, -0.15) is 8.42 Å². The lowest BCUT2D eigenvalue weighted by molar-refractivity contribution is 0.0790. The van der Waals surface area contributed by atoms with E-state index in [1.54, 1.807) is 17.0 Å². The van der Waals surface area contributed by atoms with Gasteiger partial charge in [-0.05, 0) is 64.8 Å². The fraction of sp³-hybridized carbons (Fsp3) is 0.500. The van der Waals surface area contributed by atoms with Gasteiger partial charge < -0.3 is 24.0 Å². The second kappa shape index (κ2) is 13.0. The maximum atomic E-state index is 13.2. The van der Waals surface area contributed by atoms with Crippen molar-refractivity contribution in [3.63, 3.8) is 0 Å². The van der Waals surface area contributed by atoms with Crippen molar-refractivity contribution in [2.75, 3.05) is 31.1 Å². The van der Waals surface area contributed by atoms with E-state index in [0.717, 1.165) is 31.6 Å². The molecule has 1 aliphatic rings. The summed E-state index contributed by atoms with van der Waals surface area (Å²) >= 11 is 12.0. The highest BCUT2D eigenvalue weighted by atomic mass is 35.5. The standard InChI is InChI=1S/C26H35Cl2N3O5S/c1-5-30(6-2)20-10-9-19(16-31(26(32)29-18(3)4)17-21-8-7-13-35-21)25(14-20)36-37(33,34)22-11-12-23(27)24(28)15-22/h9-12,14-15,18,21H,5-8,13,16-17H2,1-4H3,(H,29,32)/t21-/m0/s1. The summed E-state index contributed by atoms with van der Waals surface area (Å²) in [4.78, 5) is 16.7. The Bertz CT molecular complexity index is 1180. The van der Waals surface area contributed by atoms with Crippen LogP contribution in [0.2, 0.25) is 10.0 Å². The summed E-state index contributed by atoms with van der Waals surface area (Å²) in [5.41, 5.74) is 1.36. The van der Waals surface area contributed by atoms with Gasteiger partial charge in [0.15, 0.2) is 0 Å². The van der Waals surface area contributed by atoms with Gasteiger partial charge in [0, 0.05) is 49.6 Å². The fourth-order valence-electron chi connectivity index (χ4n) is 4.13. The molecule has 1 saturated heterocycles. The first-order valence-corrected chi connectivity index (χ1v) is 14.6. The number of anilines is 1. The zero-order chi connectivity index (χ0) is 27.2. The van der Waals surface area contributed by atoms with E-state index < -0.39 is 10.1 Å². The van der Waals surface area contributed by atoms with Gasteiger partial charge in [-0.25, -0.2) is 4.79 Å². The number of carbonyl (C=O) groups excluding carboxylic acids is 1. The average Bonchev–Trinajstić information content (AvgIpc) is 3.35. The Kier molecular flexibility index (Phi) is 10.3. The topological polar surface area (TPSA) is 88.2 Å². The van der Waals surface area contributed by atoms with E-state index in [-0.39, 0.29) is 45.4 Å². The van der Waals surface area contributed by atoms with Gasteiger partial charge in [-0.15, -0.1) is 0 Å². The van der Waals surface area contributed by atoms with Crippen LogP contribution in [0.3, 0.4) is 0 Å². The van der Waals surface area contributed by atoms with Gasteiger partial charge in [-0.3, -0.25) is 0 Å². The lowest BCUT2D eigenvalue weighted by Gasteiger charge is -2.28. The quantitative estimate of drug-likeness (QED) is 0.348. The summed E-state index contributed by atoms with van der Waals surface area (Å²) in [6.45, 7) is 10.5. The lowest BCUT2D eigenvalue weighted by Crippen LogP contribution is -2.45. The van der Waals surface area contributed by atoms with E-state index in [0.29, 0.717) is 18.7 Å². The van der Waals surface area contributed by atoms with Gasteiger partial charge in [0.05, 0.1) is 22.7 Å². The van der Waals surface area contributed by atoms with E-state index in [9.17, 15) is 13.2 Å². The Balaban J connectivity index is 1.99. The number of nitrogens with one attached hydrogen (secondary N) is 1. The number of carbonyl (C=O) groups is 1. The van der Waals surface area contributed by atoms with Gasteiger partial charge in [0.1, 0.15) is 10.6 Å². The molecule has 0 aliphatic carbocycles. The van der Waals surface area contributed by atoms with Gasteiger partial charge in [0.2, 0.25) is 0 Å². The van der Waals surface area contributed by atoms with Gasteiger partial charge >= 0.3 is 16.1 Å². The van der Waals surface area contributed by atoms with Crippen LogP contribution in [0.15, 0.2) is 41.3 Å². The second-order valence-corrected chi connectivity index (χ2v) is 11.6. The highest BCUT2D eigenvalue weighted by Gasteiger charge is 2.26. The van der Waals surface area contributed by atoms with Crippen LogP contribution in [0.1, 0.15) is 46.1 Å². The van der Waals surface area contributed by atoms with Crippen molar-refractivity contribution in [1.82, 2.24) is 10.2 Å². The third-order valence-electron chi connectivity index (χ3n) is 6.07. The van der Waals surface area contributed by atoms with Crippen LogP contribution in [0.25, 0.3) is 0 Å². The molecule has 8 nitrogen and oxygen atoms in total. The van der Waals surface area contributed by atoms with E-state index in [1.807, 2.05) is 33.8 Å². The van der Waals surface area contributed by atoms with Crippen LogP contribution in [0, 0.1) is 0 Å². The number of benzene rings is 2. The molecule has 0 radical (unpaired) electrons. The molecule has 37 heavy (non-hydrogen) atoms. The molecule has 3 rings (SSSR count). The molecule has 0 aromatic heterocycles. The first-order valence-electron chi connectivity index (χ1n) is 12.5.